The molecular weight excluding hydrogens is 174 g/mol. The summed E-state index contributed by atoms with van der Waals surface area (Å²) in [6.45, 7) is 4.40. The van der Waals surface area contributed by atoms with Gasteiger partial charge in [-0.3, -0.25) is 4.90 Å². The maximum atomic E-state index is 8.72. The first-order chi connectivity index (χ1) is 6.79. The van der Waals surface area contributed by atoms with Crippen LogP contribution >= 0.6 is 0 Å². The average Bonchev–Trinajstić information content (AvgIpc) is 2.26. The highest BCUT2D eigenvalue weighted by Gasteiger charge is 2.22. The second-order valence-corrected chi connectivity index (χ2v) is 4.09. The fourth-order valence-electron chi connectivity index (χ4n) is 2.16. The molecule has 0 aromatic carbocycles. The normalized spacial score (nSPS) is 24.6. The van der Waals surface area contributed by atoms with Crippen molar-refractivity contribution in [3.63, 3.8) is 0 Å². The van der Waals surface area contributed by atoms with Crippen molar-refractivity contribution in [2.45, 2.75) is 44.7 Å². The van der Waals surface area contributed by atoms with Crippen LogP contribution in [0, 0.1) is 11.3 Å². The van der Waals surface area contributed by atoms with E-state index >= 15 is 0 Å². The van der Waals surface area contributed by atoms with Crippen LogP contribution in [0.2, 0.25) is 0 Å². The summed E-state index contributed by atoms with van der Waals surface area (Å²) in [6.07, 6.45) is 4.26. The van der Waals surface area contributed by atoms with E-state index in [4.69, 9.17) is 5.26 Å². The molecule has 0 aromatic heterocycles. The Hall–Kier alpha value is -0.590. The van der Waals surface area contributed by atoms with Gasteiger partial charge in [0.15, 0.2) is 0 Å². The van der Waals surface area contributed by atoms with Gasteiger partial charge in [0.25, 0.3) is 0 Å². The van der Waals surface area contributed by atoms with E-state index in [2.05, 4.69) is 30.3 Å². The number of nitriles is 1. The molecule has 0 aliphatic carbocycles. The van der Waals surface area contributed by atoms with E-state index in [9.17, 15) is 0 Å². The standard InChI is InChI=1S/C11H21N3/c1-3-10(6-7-12)14(2)11-5-4-8-13-9-11/h10-11,13H,3-6,8-9H2,1-2H3. The molecular formula is C11H21N3. The lowest BCUT2D eigenvalue weighted by Gasteiger charge is -2.36. The van der Waals surface area contributed by atoms with Crippen molar-refractivity contribution < 1.29 is 0 Å². The molecule has 3 heteroatoms. The Kier molecular flexibility index (Phi) is 4.92. The van der Waals surface area contributed by atoms with E-state index in [1.165, 1.54) is 12.8 Å². The minimum Gasteiger partial charge on any atom is -0.315 e. The lowest BCUT2D eigenvalue weighted by atomic mass is 10.0. The lowest BCUT2D eigenvalue weighted by Crippen LogP contribution is -2.48. The smallest absolute Gasteiger partial charge is 0.0638 e. The van der Waals surface area contributed by atoms with Crippen LogP contribution in [0.1, 0.15) is 32.6 Å². The molecule has 14 heavy (non-hydrogen) atoms. The minimum atomic E-state index is 0.435. The van der Waals surface area contributed by atoms with Crippen molar-refractivity contribution in [2.75, 3.05) is 20.1 Å². The van der Waals surface area contributed by atoms with Crippen LogP contribution in [0.3, 0.4) is 0 Å². The molecule has 1 aliphatic heterocycles. The van der Waals surface area contributed by atoms with Gasteiger partial charge in [0, 0.05) is 18.6 Å². The van der Waals surface area contributed by atoms with Crippen LogP contribution < -0.4 is 5.32 Å². The van der Waals surface area contributed by atoms with Gasteiger partial charge in [-0.1, -0.05) is 6.92 Å². The summed E-state index contributed by atoms with van der Waals surface area (Å²) in [7, 11) is 2.16. The molecule has 3 nitrogen and oxygen atoms in total. The SMILES string of the molecule is CCC(CC#N)N(C)C1CCCNC1. The molecule has 0 aromatic rings. The van der Waals surface area contributed by atoms with Gasteiger partial charge in [0.2, 0.25) is 0 Å². The highest BCUT2D eigenvalue weighted by Crippen LogP contribution is 2.15. The van der Waals surface area contributed by atoms with Crippen molar-refractivity contribution in [1.29, 1.82) is 5.26 Å². The molecule has 0 bridgehead atoms. The maximum Gasteiger partial charge on any atom is 0.0638 e. The number of hydrogen-bond acceptors (Lipinski definition) is 3. The molecule has 1 heterocycles. The second-order valence-electron chi connectivity index (χ2n) is 4.09. The van der Waals surface area contributed by atoms with Gasteiger partial charge in [-0.25, -0.2) is 0 Å². The predicted octanol–water partition coefficient (Wildman–Crippen LogP) is 1.36. The molecule has 0 spiro atoms. The fraction of sp³-hybridized carbons (Fsp3) is 0.909. The molecule has 0 saturated carbocycles. The van der Waals surface area contributed by atoms with Crippen LogP contribution in [-0.4, -0.2) is 37.1 Å². The van der Waals surface area contributed by atoms with Crippen molar-refractivity contribution in [1.82, 2.24) is 10.2 Å². The van der Waals surface area contributed by atoms with E-state index in [0.717, 1.165) is 19.5 Å². The Bertz CT molecular complexity index is 191. The van der Waals surface area contributed by atoms with Crippen molar-refractivity contribution in [3.05, 3.63) is 0 Å². The zero-order chi connectivity index (χ0) is 10.4. The van der Waals surface area contributed by atoms with E-state index in [1.807, 2.05) is 0 Å². The Morgan fingerprint density at radius 3 is 2.93 bits per heavy atom. The second kappa shape index (κ2) is 6.00. The Morgan fingerprint density at radius 1 is 1.64 bits per heavy atom. The number of rotatable bonds is 4. The van der Waals surface area contributed by atoms with E-state index in [0.29, 0.717) is 18.5 Å². The molecule has 0 radical (unpaired) electrons. The monoisotopic (exact) mass is 195 g/mol. The van der Waals surface area contributed by atoms with Crippen molar-refractivity contribution in [3.8, 4) is 6.07 Å². The van der Waals surface area contributed by atoms with Crippen LogP contribution in [0.15, 0.2) is 0 Å². The van der Waals surface area contributed by atoms with Crippen LogP contribution in [0.25, 0.3) is 0 Å². The number of piperidine rings is 1. The Labute approximate surface area is 87.1 Å². The summed E-state index contributed by atoms with van der Waals surface area (Å²) >= 11 is 0. The fourth-order valence-corrected chi connectivity index (χ4v) is 2.16. The van der Waals surface area contributed by atoms with Gasteiger partial charge in [-0.05, 0) is 32.9 Å². The molecule has 2 atom stereocenters. The highest BCUT2D eigenvalue weighted by atomic mass is 15.2. The third-order valence-electron chi connectivity index (χ3n) is 3.22. The molecule has 0 amide bonds. The summed E-state index contributed by atoms with van der Waals surface area (Å²) in [5.74, 6) is 0. The van der Waals surface area contributed by atoms with Gasteiger partial charge in [0.05, 0.1) is 12.5 Å². The summed E-state index contributed by atoms with van der Waals surface area (Å²) in [6, 6.07) is 3.34. The molecule has 1 rings (SSSR count). The van der Waals surface area contributed by atoms with Gasteiger partial charge < -0.3 is 5.32 Å². The first-order valence-corrected chi connectivity index (χ1v) is 5.59. The molecule has 1 fully saturated rings. The van der Waals surface area contributed by atoms with Gasteiger partial charge in [-0.15, -0.1) is 0 Å². The average molecular weight is 195 g/mol. The van der Waals surface area contributed by atoms with Gasteiger partial charge in [-0.2, -0.15) is 5.26 Å². The molecule has 80 valence electrons. The van der Waals surface area contributed by atoms with Crippen LogP contribution in [-0.2, 0) is 0 Å². The van der Waals surface area contributed by atoms with Crippen molar-refractivity contribution in [2.24, 2.45) is 0 Å². The summed E-state index contributed by atoms with van der Waals surface area (Å²) in [4.78, 5) is 2.38. The van der Waals surface area contributed by atoms with Gasteiger partial charge in [0.1, 0.15) is 0 Å². The first kappa shape index (κ1) is 11.5. The Balaban J connectivity index is 2.43. The highest BCUT2D eigenvalue weighted by molar-refractivity contribution is 4.86. The molecule has 1 saturated heterocycles. The third kappa shape index (κ3) is 2.97. The molecule has 1 aliphatic rings. The first-order valence-electron chi connectivity index (χ1n) is 5.59. The predicted molar refractivity (Wildman–Crippen MR) is 58.0 cm³/mol. The lowest BCUT2D eigenvalue weighted by molar-refractivity contribution is 0.144. The zero-order valence-corrected chi connectivity index (χ0v) is 9.29. The summed E-state index contributed by atoms with van der Waals surface area (Å²) in [5.41, 5.74) is 0. The topological polar surface area (TPSA) is 39.1 Å². The molecule has 1 N–H and O–H groups in total. The maximum absolute atomic E-state index is 8.72. The molecule has 2 unspecified atom stereocenters. The van der Waals surface area contributed by atoms with E-state index in [1.54, 1.807) is 0 Å². The van der Waals surface area contributed by atoms with Crippen LogP contribution in [0.4, 0.5) is 0 Å². The third-order valence-corrected chi connectivity index (χ3v) is 3.22. The van der Waals surface area contributed by atoms with Gasteiger partial charge >= 0.3 is 0 Å². The summed E-state index contributed by atoms with van der Waals surface area (Å²) in [5, 5.41) is 12.1. The quantitative estimate of drug-likeness (QED) is 0.736. The number of hydrogen-bond donors (Lipinski definition) is 1. The van der Waals surface area contributed by atoms with E-state index in [-0.39, 0.29) is 0 Å². The minimum absolute atomic E-state index is 0.435. The Morgan fingerprint density at radius 2 is 2.43 bits per heavy atom. The summed E-state index contributed by atoms with van der Waals surface area (Å²) < 4.78 is 0. The van der Waals surface area contributed by atoms with Crippen molar-refractivity contribution >= 4 is 0 Å². The zero-order valence-electron chi connectivity index (χ0n) is 9.29. The number of likely N-dealkylation sites (N-methyl/N-ethyl adjacent to an activating group) is 1. The number of nitrogens with one attached hydrogen (secondary N) is 1. The van der Waals surface area contributed by atoms with Crippen LogP contribution in [0.5, 0.6) is 0 Å². The largest absolute Gasteiger partial charge is 0.315 e. The van der Waals surface area contributed by atoms with E-state index < -0.39 is 0 Å². The number of nitrogens with zero attached hydrogens (tertiary/aromatic N) is 2.